The van der Waals surface area contributed by atoms with Crippen LogP contribution >= 0.6 is 0 Å². The zero-order chi connectivity index (χ0) is 13.7. The molecular weight excluding hydrogens is 236 g/mol. The van der Waals surface area contributed by atoms with E-state index in [-0.39, 0.29) is 5.91 Å². The molecule has 0 spiro atoms. The van der Waals surface area contributed by atoms with E-state index in [0.717, 1.165) is 25.1 Å². The summed E-state index contributed by atoms with van der Waals surface area (Å²) < 4.78 is 0. The van der Waals surface area contributed by atoms with E-state index >= 15 is 0 Å². The van der Waals surface area contributed by atoms with E-state index in [1.807, 2.05) is 0 Å². The van der Waals surface area contributed by atoms with E-state index in [0.29, 0.717) is 12.5 Å². The third-order valence-electron chi connectivity index (χ3n) is 3.83. The highest BCUT2D eigenvalue weighted by atomic mass is 16.1. The minimum absolute atomic E-state index is 0.131. The summed E-state index contributed by atoms with van der Waals surface area (Å²) in [4.78, 5) is 11.9. The largest absolute Gasteiger partial charge is 0.356 e. The molecule has 0 radical (unpaired) electrons. The molecule has 0 saturated carbocycles. The standard InChI is InChI=1S/C16H24N2O/c1-12-5-6-13(2)14(10-12)11-16(19)18-9-7-15-4-3-8-17-15/h5-6,10,15,17H,3-4,7-9,11H2,1-2H3,(H,18,19). The van der Waals surface area contributed by atoms with Crippen LogP contribution < -0.4 is 10.6 Å². The first-order valence-corrected chi connectivity index (χ1v) is 7.21. The highest BCUT2D eigenvalue weighted by Gasteiger charge is 2.13. The Hall–Kier alpha value is -1.35. The lowest BCUT2D eigenvalue weighted by Gasteiger charge is -2.11. The van der Waals surface area contributed by atoms with Gasteiger partial charge in [0.25, 0.3) is 0 Å². The fraction of sp³-hybridized carbons (Fsp3) is 0.562. The van der Waals surface area contributed by atoms with Crippen molar-refractivity contribution in [1.29, 1.82) is 0 Å². The molecule has 1 heterocycles. The molecule has 19 heavy (non-hydrogen) atoms. The number of carbonyl (C=O) groups is 1. The molecule has 0 aliphatic carbocycles. The Labute approximate surface area is 115 Å². The van der Waals surface area contributed by atoms with E-state index in [9.17, 15) is 4.79 Å². The lowest BCUT2D eigenvalue weighted by Crippen LogP contribution is -2.31. The van der Waals surface area contributed by atoms with Gasteiger partial charge >= 0.3 is 0 Å². The van der Waals surface area contributed by atoms with Crippen LogP contribution in [0.5, 0.6) is 0 Å². The molecule has 1 aromatic carbocycles. The Morgan fingerprint density at radius 1 is 1.42 bits per heavy atom. The summed E-state index contributed by atoms with van der Waals surface area (Å²) in [5.74, 6) is 0.131. The van der Waals surface area contributed by atoms with Gasteiger partial charge in [0.05, 0.1) is 6.42 Å². The van der Waals surface area contributed by atoms with Crippen molar-refractivity contribution in [3.63, 3.8) is 0 Å². The number of rotatable bonds is 5. The Morgan fingerprint density at radius 2 is 2.26 bits per heavy atom. The van der Waals surface area contributed by atoms with Crippen LogP contribution in [0, 0.1) is 13.8 Å². The van der Waals surface area contributed by atoms with Crippen LogP contribution in [0.3, 0.4) is 0 Å². The molecule has 3 nitrogen and oxygen atoms in total. The molecule has 1 aromatic rings. The molecular formula is C16H24N2O. The van der Waals surface area contributed by atoms with Crippen molar-refractivity contribution in [2.75, 3.05) is 13.1 Å². The topological polar surface area (TPSA) is 41.1 Å². The molecule has 1 aliphatic heterocycles. The summed E-state index contributed by atoms with van der Waals surface area (Å²) in [5, 5.41) is 6.47. The van der Waals surface area contributed by atoms with Crippen molar-refractivity contribution >= 4 is 5.91 Å². The normalized spacial score (nSPS) is 18.5. The van der Waals surface area contributed by atoms with Gasteiger partial charge in [-0.15, -0.1) is 0 Å². The van der Waals surface area contributed by atoms with Gasteiger partial charge in [-0.25, -0.2) is 0 Å². The van der Waals surface area contributed by atoms with Crippen molar-refractivity contribution in [3.05, 3.63) is 34.9 Å². The SMILES string of the molecule is Cc1ccc(C)c(CC(=O)NCCC2CCCN2)c1. The second-order valence-electron chi connectivity index (χ2n) is 5.54. The average Bonchev–Trinajstić information content (AvgIpc) is 2.87. The number of amides is 1. The molecule has 1 saturated heterocycles. The van der Waals surface area contributed by atoms with Crippen LogP contribution in [-0.4, -0.2) is 25.0 Å². The van der Waals surface area contributed by atoms with E-state index in [1.54, 1.807) is 0 Å². The van der Waals surface area contributed by atoms with Crippen molar-refractivity contribution in [1.82, 2.24) is 10.6 Å². The molecule has 1 fully saturated rings. The first kappa shape index (κ1) is 14.1. The highest BCUT2D eigenvalue weighted by Crippen LogP contribution is 2.11. The van der Waals surface area contributed by atoms with Gasteiger partial charge in [-0.1, -0.05) is 23.8 Å². The summed E-state index contributed by atoms with van der Waals surface area (Å²) >= 11 is 0. The van der Waals surface area contributed by atoms with Crippen LogP contribution in [0.15, 0.2) is 18.2 Å². The van der Waals surface area contributed by atoms with Crippen LogP contribution in [0.25, 0.3) is 0 Å². The molecule has 2 N–H and O–H groups in total. The monoisotopic (exact) mass is 260 g/mol. The molecule has 0 aromatic heterocycles. The molecule has 0 bridgehead atoms. The molecule has 1 unspecified atom stereocenters. The number of nitrogens with one attached hydrogen (secondary N) is 2. The van der Waals surface area contributed by atoms with Gasteiger partial charge in [-0.05, 0) is 50.8 Å². The second-order valence-corrected chi connectivity index (χ2v) is 5.54. The van der Waals surface area contributed by atoms with Gasteiger partial charge in [0.2, 0.25) is 5.91 Å². The van der Waals surface area contributed by atoms with Gasteiger partial charge in [0.1, 0.15) is 0 Å². The van der Waals surface area contributed by atoms with E-state index in [2.05, 4.69) is 42.7 Å². The van der Waals surface area contributed by atoms with Crippen molar-refractivity contribution in [2.45, 2.75) is 45.6 Å². The molecule has 1 atom stereocenters. The zero-order valence-electron chi connectivity index (χ0n) is 12.0. The molecule has 1 amide bonds. The van der Waals surface area contributed by atoms with Gasteiger partial charge in [-0.2, -0.15) is 0 Å². The highest BCUT2D eigenvalue weighted by molar-refractivity contribution is 5.78. The molecule has 2 rings (SSSR count). The van der Waals surface area contributed by atoms with Crippen molar-refractivity contribution < 1.29 is 4.79 Å². The Bertz CT molecular complexity index is 436. The third-order valence-corrected chi connectivity index (χ3v) is 3.83. The fourth-order valence-corrected chi connectivity index (χ4v) is 2.62. The number of aryl methyl sites for hydroxylation is 2. The fourth-order valence-electron chi connectivity index (χ4n) is 2.62. The summed E-state index contributed by atoms with van der Waals surface area (Å²) in [7, 11) is 0. The Morgan fingerprint density at radius 3 is 3.00 bits per heavy atom. The minimum Gasteiger partial charge on any atom is -0.356 e. The number of hydrogen-bond donors (Lipinski definition) is 2. The molecule has 104 valence electrons. The van der Waals surface area contributed by atoms with Gasteiger partial charge in [0, 0.05) is 12.6 Å². The van der Waals surface area contributed by atoms with Crippen LogP contribution in [0.1, 0.15) is 36.0 Å². The second kappa shape index (κ2) is 6.71. The molecule has 1 aliphatic rings. The number of carbonyl (C=O) groups excluding carboxylic acids is 1. The molecule has 3 heteroatoms. The minimum atomic E-state index is 0.131. The maximum atomic E-state index is 11.9. The maximum absolute atomic E-state index is 11.9. The van der Waals surface area contributed by atoms with Gasteiger partial charge in [-0.3, -0.25) is 4.79 Å². The summed E-state index contributed by atoms with van der Waals surface area (Å²) in [6.07, 6.45) is 4.04. The van der Waals surface area contributed by atoms with Crippen LogP contribution in [0.2, 0.25) is 0 Å². The van der Waals surface area contributed by atoms with Crippen LogP contribution in [0.4, 0.5) is 0 Å². The Balaban J connectivity index is 1.75. The van der Waals surface area contributed by atoms with E-state index in [4.69, 9.17) is 0 Å². The summed E-state index contributed by atoms with van der Waals surface area (Å²) in [6.45, 7) is 6.03. The van der Waals surface area contributed by atoms with Gasteiger partial charge in [0.15, 0.2) is 0 Å². The third kappa shape index (κ3) is 4.35. The first-order chi connectivity index (χ1) is 9.15. The first-order valence-electron chi connectivity index (χ1n) is 7.21. The lowest BCUT2D eigenvalue weighted by atomic mass is 10.0. The summed E-state index contributed by atoms with van der Waals surface area (Å²) in [5.41, 5.74) is 3.54. The predicted molar refractivity (Wildman–Crippen MR) is 78.3 cm³/mol. The van der Waals surface area contributed by atoms with Crippen LogP contribution in [-0.2, 0) is 11.2 Å². The predicted octanol–water partition coefficient (Wildman–Crippen LogP) is 2.10. The average molecular weight is 260 g/mol. The van der Waals surface area contributed by atoms with Gasteiger partial charge < -0.3 is 10.6 Å². The van der Waals surface area contributed by atoms with Crippen molar-refractivity contribution in [2.24, 2.45) is 0 Å². The zero-order valence-corrected chi connectivity index (χ0v) is 12.0. The number of hydrogen-bond acceptors (Lipinski definition) is 2. The van der Waals surface area contributed by atoms with E-state index < -0.39 is 0 Å². The van der Waals surface area contributed by atoms with E-state index in [1.165, 1.54) is 24.0 Å². The number of benzene rings is 1. The van der Waals surface area contributed by atoms with Crippen molar-refractivity contribution in [3.8, 4) is 0 Å². The quantitative estimate of drug-likeness (QED) is 0.851. The Kier molecular flexibility index (Phi) is 4.97. The summed E-state index contributed by atoms with van der Waals surface area (Å²) in [6, 6.07) is 6.87. The smallest absolute Gasteiger partial charge is 0.224 e. The maximum Gasteiger partial charge on any atom is 0.224 e. The lowest BCUT2D eigenvalue weighted by molar-refractivity contribution is -0.120.